The van der Waals surface area contributed by atoms with E-state index in [4.69, 9.17) is 9.47 Å². The van der Waals surface area contributed by atoms with Crippen LogP contribution in [0.1, 0.15) is 12.5 Å². The Balaban J connectivity index is 2.21. The molecule has 1 aliphatic rings. The summed E-state index contributed by atoms with van der Waals surface area (Å²) >= 11 is 1.65. The van der Waals surface area contributed by atoms with Crippen LogP contribution in [0.15, 0.2) is 28.3 Å². The zero-order valence-electron chi connectivity index (χ0n) is 11.3. The highest BCUT2D eigenvalue weighted by Gasteiger charge is 2.14. The van der Waals surface area contributed by atoms with Crippen LogP contribution in [0.4, 0.5) is 0 Å². The molecule has 2 rings (SSSR count). The maximum Gasteiger partial charge on any atom is 0.177 e. The van der Waals surface area contributed by atoms with E-state index in [2.05, 4.69) is 15.5 Å². The first-order chi connectivity index (χ1) is 9.28. The fraction of sp³-hybridized carbons (Fsp3) is 0.385. The summed E-state index contributed by atoms with van der Waals surface area (Å²) in [5, 5.41) is 5.22. The van der Waals surface area contributed by atoms with Crippen LogP contribution in [0.25, 0.3) is 0 Å². The average molecular weight is 279 g/mol. The normalized spacial score (nSPS) is 16.8. The number of nitrogens with one attached hydrogen (secondary N) is 1. The van der Waals surface area contributed by atoms with Crippen molar-refractivity contribution in [3.05, 3.63) is 23.8 Å². The predicted octanol–water partition coefficient (Wildman–Crippen LogP) is 2.12. The highest BCUT2D eigenvalue weighted by Crippen LogP contribution is 2.28. The minimum atomic E-state index is 0.709. The quantitative estimate of drug-likeness (QED) is 0.917. The van der Waals surface area contributed by atoms with Gasteiger partial charge in [0.15, 0.2) is 16.7 Å². The molecule has 0 saturated carbocycles. The lowest BCUT2D eigenvalue weighted by atomic mass is 10.1. The number of hydrogen-bond acceptors (Lipinski definition) is 5. The van der Waals surface area contributed by atoms with Crippen LogP contribution in [0, 0.1) is 0 Å². The fourth-order valence-corrected chi connectivity index (χ4v) is 2.54. The maximum absolute atomic E-state index is 5.30. The first kappa shape index (κ1) is 13.7. The van der Waals surface area contributed by atoms with Gasteiger partial charge in [0.2, 0.25) is 0 Å². The number of hydrazone groups is 1. The van der Waals surface area contributed by atoms with Gasteiger partial charge in [-0.3, -0.25) is 10.4 Å². The summed E-state index contributed by atoms with van der Waals surface area (Å²) in [4.78, 5) is 4.29. The summed E-state index contributed by atoms with van der Waals surface area (Å²) in [5.41, 5.74) is 4.96. The molecule has 1 heterocycles. The fourth-order valence-electron chi connectivity index (χ4n) is 1.70. The third-order valence-corrected chi connectivity index (χ3v) is 3.56. The van der Waals surface area contributed by atoms with Gasteiger partial charge in [-0.1, -0.05) is 11.8 Å². The second kappa shape index (κ2) is 6.47. The predicted molar refractivity (Wildman–Crippen MR) is 79.7 cm³/mol. The van der Waals surface area contributed by atoms with Crippen LogP contribution in [-0.4, -0.2) is 37.4 Å². The molecule has 0 aliphatic carbocycles. The van der Waals surface area contributed by atoms with Gasteiger partial charge in [-0.05, 0) is 25.1 Å². The van der Waals surface area contributed by atoms with Gasteiger partial charge in [0.1, 0.15) is 0 Å². The lowest BCUT2D eigenvalue weighted by molar-refractivity contribution is 0.355. The highest BCUT2D eigenvalue weighted by molar-refractivity contribution is 8.14. The first-order valence-corrected chi connectivity index (χ1v) is 6.99. The standard InChI is InChI=1S/C13H17N3O2S/c1-4-14-13-16-15-10(8-19-13)9-5-6-11(17-2)12(7-9)18-3/h5-7H,4,8H2,1-3H3,(H,14,16). The number of hydrogen-bond donors (Lipinski definition) is 1. The van der Waals surface area contributed by atoms with Gasteiger partial charge in [-0.25, -0.2) is 0 Å². The molecule has 102 valence electrons. The Hall–Kier alpha value is -1.69. The van der Waals surface area contributed by atoms with Crippen molar-refractivity contribution >= 4 is 22.6 Å². The van der Waals surface area contributed by atoms with E-state index in [0.29, 0.717) is 5.75 Å². The molecule has 0 unspecified atom stereocenters. The van der Waals surface area contributed by atoms with Gasteiger partial charge in [-0.15, -0.1) is 0 Å². The molecule has 0 radical (unpaired) electrons. The van der Waals surface area contributed by atoms with Crippen molar-refractivity contribution in [1.29, 1.82) is 0 Å². The molecule has 0 saturated heterocycles. The average Bonchev–Trinajstić information content (AvgIpc) is 2.47. The topological polar surface area (TPSA) is 55.2 Å². The van der Waals surface area contributed by atoms with Crippen molar-refractivity contribution < 1.29 is 9.47 Å². The van der Waals surface area contributed by atoms with Gasteiger partial charge in [0.05, 0.1) is 19.9 Å². The van der Waals surface area contributed by atoms with E-state index >= 15 is 0 Å². The highest BCUT2D eigenvalue weighted by atomic mass is 32.2. The summed E-state index contributed by atoms with van der Waals surface area (Å²) in [5.74, 6) is 2.22. The smallest absolute Gasteiger partial charge is 0.177 e. The molecule has 6 heteroatoms. The van der Waals surface area contributed by atoms with Crippen molar-refractivity contribution in [2.24, 2.45) is 10.1 Å². The lowest BCUT2D eigenvalue weighted by Crippen LogP contribution is -2.25. The minimum absolute atomic E-state index is 0.709. The maximum atomic E-state index is 5.30. The molecule has 1 aromatic rings. The lowest BCUT2D eigenvalue weighted by Gasteiger charge is -2.16. The van der Waals surface area contributed by atoms with Gasteiger partial charge in [0.25, 0.3) is 0 Å². The largest absolute Gasteiger partial charge is 0.493 e. The minimum Gasteiger partial charge on any atom is -0.493 e. The van der Waals surface area contributed by atoms with Gasteiger partial charge < -0.3 is 9.47 Å². The zero-order chi connectivity index (χ0) is 13.7. The van der Waals surface area contributed by atoms with E-state index in [1.54, 1.807) is 26.0 Å². The van der Waals surface area contributed by atoms with Crippen LogP contribution in [0.5, 0.6) is 11.5 Å². The Labute approximate surface area is 117 Å². The van der Waals surface area contributed by atoms with E-state index in [9.17, 15) is 0 Å². The number of ether oxygens (including phenoxy) is 2. The van der Waals surface area contributed by atoms with Crippen LogP contribution >= 0.6 is 11.8 Å². The number of rotatable bonds is 4. The van der Waals surface area contributed by atoms with Crippen LogP contribution in [0.3, 0.4) is 0 Å². The number of benzene rings is 1. The Bertz CT molecular complexity index is 515. The first-order valence-electron chi connectivity index (χ1n) is 6.00. The van der Waals surface area contributed by atoms with Gasteiger partial charge in [0, 0.05) is 17.9 Å². The van der Waals surface area contributed by atoms with Gasteiger partial charge >= 0.3 is 0 Å². The van der Waals surface area contributed by atoms with Crippen molar-refractivity contribution in [3.63, 3.8) is 0 Å². The number of thioether (sulfide) groups is 1. The van der Waals surface area contributed by atoms with E-state index < -0.39 is 0 Å². The Morgan fingerprint density at radius 3 is 2.68 bits per heavy atom. The molecule has 0 aromatic heterocycles. The van der Waals surface area contributed by atoms with Crippen LogP contribution < -0.4 is 14.9 Å². The summed E-state index contributed by atoms with van der Waals surface area (Å²) in [6, 6.07) is 5.79. The summed E-state index contributed by atoms with van der Waals surface area (Å²) in [6.45, 7) is 2.76. The molecule has 1 aromatic carbocycles. The molecule has 0 spiro atoms. The molecule has 1 N–H and O–H groups in total. The molecule has 0 bridgehead atoms. The number of amidine groups is 1. The summed E-state index contributed by atoms with van der Waals surface area (Å²) < 4.78 is 10.5. The SMILES string of the molecule is CCN=C1NN=C(c2ccc(OC)c(OC)c2)CS1. The second-order valence-corrected chi connectivity index (χ2v) is 4.77. The van der Waals surface area contributed by atoms with E-state index in [0.717, 1.165) is 34.5 Å². The van der Waals surface area contributed by atoms with Crippen LogP contribution in [0.2, 0.25) is 0 Å². The third-order valence-electron chi connectivity index (χ3n) is 2.65. The molecule has 0 atom stereocenters. The van der Waals surface area contributed by atoms with Gasteiger partial charge in [-0.2, -0.15) is 5.10 Å². The Kier molecular flexibility index (Phi) is 4.68. The molecular weight excluding hydrogens is 262 g/mol. The monoisotopic (exact) mass is 279 g/mol. The Morgan fingerprint density at radius 1 is 1.32 bits per heavy atom. The third kappa shape index (κ3) is 3.20. The molecule has 5 nitrogen and oxygen atoms in total. The molecule has 0 fully saturated rings. The van der Waals surface area contributed by atoms with Crippen molar-refractivity contribution in [3.8, 4) is 11.5 Å². The molecular formula is C13H17N3O2S. The van der Waals surface area contributed by atoms with E-state index in [-0.39, 0.29) is 0 Å². The van der Waals surface area contributed by atoms with Crippen molar-refractivity contribution in [2.75, 3.05) is 26.5 Å². The molecule has 0 amide bonds. The number of aliphatic imine (C=N–C) groups is 1. The Morgan fingerprint density at radius 2 is 2.11 bits per heavy atom. The van der Waals surface area contributed by atoms with Crippen molar-refractivity contribution in [1.82, 2.24) is 5.43 Å². The van der Waals surface area contributed by atoms with E-state index in [1.165, 1.54) is 0 Å². The zero-order valence-corrected chi connectivity index (χ0v) is 12.1. The summed E-state index contributed by atoms with van der Waals surface area (Å²) in [6.07, 6.45) is 0. The summed E-state index contributed by atoms with van der Waals surface area (Å²) in [7, 11) is 3.25. The second-order valence-electron chi connectivity index (χ2n) is 3.81. The molecule has 1 aliphatic heterocycles. The molecule has 19 heavy (non-hydrogen) atoms. The number of nitrogens with zero attached hydrogens (tertiary/aromatic N) is 2. The van der Waals surface area contributed by atoms with Crippen molar-refractivity contribution in [2.45, 2.75) is 6.92 Å². The van der Waals surface area contributed by atoms with E-state index in [1.807, 2.05) is 25.1 Å². The van der Waals surface area contributed by atoms with Crippen LogP contribution in [-0.2, 0) is 0 Å². The number of methoxy groups -OCH3 is 2.